The molecule has 0 radical (unpaired) electrons. The van der Waals surface area contributed by atoms with Crippen LogP contribution in [0.2, 0.25) is 0 Å². The Balaban J connectivity index is 3.38. The standard InChI is InChI=1S/C15H21NO2/c1-6-7-16-15(5,14(17)18)13-11(3)8-10(2)9-12(13)4/h6,8-9,16H,1,7H2,2-5H3,(H,17,18). The van der Waals surface area contributed by atoms with Crippen molar-refractivity contribution in [1.82, 2.24) is 5.32 Å². The minimum Gasteiger partial charge on any atom is -0.480 e. The number of carboxylic acids is 1. The van der Waals surface area contributed by atoms with Crippen LogP contribution in [-0.2, 0) is 10.3 Å². The molecular weight excluding hydrogens is 226 g/mol. The van der Waals surface area contributed by atoms with E-state index >= 15 is 0 Å². The molecule has 0 saturated carbocycles. The molecule has 1 atom stereocenters. The Morgan fingerprint density at radius 3 is 2.28 bits per heavy atom. The minimum absolute atomic E-state index is 0.454. The molecule has 1 rings (SSSR count). The van der Waals surface area contributed by atoms with E-state index in [2.05, 4.69) is 11.9 Å². The Labute approximate surface area is 109 Å². The van der Waals surface area contributed by atoms with E-state index in [0.717, 1.165) is 22.3 Å². The average Bonchev–Trinajstić information content (AvgIpc) is 2.24. The molecule has 98 valence electrons. The number of aryl methyl sites for hydroxylation is 3. The molecule has 18 heavy (non-hydrogen) atoms. The van der Waals surface area contributed by atoms with Gasteiger partial charge in [-0.3, -0.25) is 5.32 Å². The summed E-state index contributed by atoms with van der Waals surface area (Å²) in [5.41, 5.74) is 2.88. The number of nitrogens with one attached hydrogen (secondary N) is 1. The van der Waals surface area contributed by atoms with Gasteiger partial charge in [-0.2, -0.15) is 0 Å². The second-order valence-electron chi connectivity index (χ2n) is 4.87. The molecule has 0 saturated heterocycles. The van der Waals surface area contributed by atoms with Crippen LogP contribution in [0, 0.1) is 20.8 Å². The molecule has 0 spiro atoms. The SMILES string of the molecule is C=CCNC(C)(C(=O)O)c1c(C)cc(C)cc1C. The first-order chi connectivity index (χ1) is 8.32. The molecule has 0 fully saturated rings. The molecule has 0 aliphatic carbocycles. The van der Waals surface area contributed by atoms with Gasteiger partial charge < -0.3 is 5.11 Å². The van der Waals surface area contributed by atoms with E-state index in [1.165, 1.54) is 0 Å². The molecule has 0 aromatic heterocycles. The Hall–Kier alpha value is -1.61. The minimum atomic E-state index is -1.09. The summed E-state index contributed by atoms with van der Waals surface area (Å²) in [5.74, 6) is -0.876. The summed E-state index contributed by atoms with van der Waals surface area (Å²) < 4.78 is 0. The zero-order valence-corrected chi connectivity index (χ0v) is 11.5. The molecule has 0 amide bonds. The molecule has 0 aliphatic rings. The zero-order chi connectivity index (χ0) is 13.9. The van der Waals surface area contributed by atoms with Gasteiger partial charge in [0.25, 0.3) is 0 Å². The number of carbonyl (C=O) groups is 1. The summed E-state index contributed by atoms with van der Waals surface area (Å²) in [6, 6.07) is 4.03. The van der Waals surface area contributed by atoms with Crippen LogP contribution in [0.15, 0.2) is 24.8 Å². The highest BCUT2D eigenvalue weighted by Gasteiger charge is 2.36. The Morgan fingerprint density at radius 2 is 1.89 bits per heavy atom. The Kier molecular flexibility index (Phi) is 4.30. The quantitative estimate of drug-likeness (QED) is 0.786. The summed E-state index contributed by atoms with van der Waals surface area (Å²) in [6.45, 7) is 11.7. The second kappa shape index (κ2) is 5.36. The van der Waals surface area contributed by atoms with Gasteiger partial charge in [-0.05, 0) is 44.4 Å². The lowest BCUT2D eigenvalue weighted by atomic mass is 9.84. The van der Waals surface area contributed by atoms with Crippen molar-refractivity contribution in [3.8, 4) is 0 Å². The lowest BCUT2D eigenvalue weighted by Crippen LogP contribution is -2.47. The van der Waals surface area contributed by atoms with Crippen LogP contribution < -0.4 is 5.32 Å². The fraction of sp³-hybridized carbons (Fsp3) is 0.400. The number of hydrogen-bond acceptors (Lipinski definition) is 2. The lowest BCUT2D eigenvalue weighted by molar-refractivity contribution is -0.144. The topological polar surface area (TPSA) is 49.3 Å². The van der Waals surface area contributed by atoms with Gasteiger partial charge in [0.2, 0.25) is 0 Å². The first-order valence-corrected chi connectivity index (χ1v) is 6.00. The highest BCUT2D eigenvalue weighted by Crippen LogP contribution is 2.29. The highest BCUT2D eigenvalue weighted by atomic mass is 16.4. The fourth-order valence-corrected chi connectivity index (χ4v) is 2.52. The molecule has 1 aromatic rings. The summed E-state index contributed by atoms with van der Waals surface area (Å²) >= 11 is 0. The van der Waals surface area contributed by atoms with Gasteiger partial charge in [-0.1, -0.05) is 23.8 Å². The van der Waals surface area contributed by atoms with Crippen molar-refractivity contribution >= 4 is 5.97 Å². The smallest absolute Gasteiger partial charge is 0.328 e. The van der Waals surface area contributed by atoms with E-state index in [-0.39, 0.29) is 0 Å². The molecule has 3 heteroatoms. The van der Waals surface area contributed by atoms with Crippen LogP contribution in [0.3, 0.4) is 0 Å². The largest absolute Gasteiger partial charge is 0.480 e. The van der Waals surface area contributed by atoms with Crippen LogP contribution in [0.1, 0.15) is 29.2 Å². The molecule has 3 nitrogen and oxygen atoms in total. The number of rotatable bonds is 5. The van der Waals surface area contributed by atoms with Crippen LogP contribution in [0.4, 0.5) is 0 Å². The van der Waals surface area contributed by atoms with E-state index in [1.807, 2.05) is 32.9 Å². The predicted octanol–water partition coefficient (Wildman–Crippen LogP) is 2.69. The fourth-order valence-electron chi connectivity index (χ4n) is 2.52. The van der Waals surface area contributed by atoms with E-state index in [4.69, 9.17) is 0 Å². The molecule has 0 heterocycles. The van der Waals surface area contributed by atoms with Crippen LogP contribution in [0.5, 0.6) is 0 Å². The molecule has 2 N–H and O–H groups in total. The summed E-state index contributed by atoms with van der Waals surface area (Å²) in [6.07, 6.45) is 1.67. The first kappa shape index (κ1) is 14.5. The zero-order valence-electron chi connectivity index (χ0n) is 11.5. The van der Waals surface area contributed by atoms with E-state index < -0.39 is 11.5 Å². The maximum absolute atomic E-state index is 11.6. The van der Waals surface area contributed by atoms with Crippen molar-refractivity contribution in [2.45, 2.75) is 33.2 Å². The maximum Gasteiger partial charge on any atom is 0.328 e. The van der Waals surface area contributed by atoms with E-state index in [0.29, 0.717) is 6.54 Å². The van der Waals surface area contributed by atoms with Crippen LogP contribution in [-0.4, -0.2) is 17.6 Å². The second-order valence-corrected chi connectivity index (χ2v) is 4.87. The van der Waals surface area contributed by atoms with Gasteiger partial charge in [0.15, 0.2) is 0 Å². The van der Waals surface area contributed by atoms with Gasteiger partial charge in [0.1, 0.15) is 5.54 Å². The molecule has 0 bridgehead atoms. The summed E-state index contributed by atoms with van der Waals surface area (Å²) in [5, 5.41) is 12.6. The third-order valence-electron chi connectivity index (χ3n) is 3.20. The van der Waals surface area contributed by atoms with Gasteiger partial charge in [0.05, 0.1) is 0 Å². The molecule has 1 unspecified atom stereocenters. The van der Waals surface area contributed by atoms with Crippen molar-refractivity contribution < 1.29 is 9.90 Å². The van der Waals surface area contributed by atoms with Crippen molar-refractivity contribution in [2.24, 2.45) is 0 Å². The third kappa shape index (κ3) is 2.62. The lowest BCUT2D eigenvalue weighted by Gasteiger charge is -2.30. The highest BCUT2D eigenvalue weighted by molar-refractivity contribution is 5.81. The monoisotopic (exact) mass is 247 g/mol. The van der Waals surface area contributed by atoms with Crippen molar-refractivity contribution in [1.29, 1.82) is 0 Å². The molecule has 1 aromatic carbocycles. The van der Waals surface area contributed by atoms with Gasteiger partial charge in [-0.25, -0.2) is 4.79 Å². The third-order valence-corrected chi connectivity index (χ3v) is 3.20. The van der Waals surface area contributed by atoms with Crippen molar-refractivity contribution in [2.75, 3.05) is 6.54 Å². The average molecular weight is 247 g/mol. The summed E-state index contributed by atoms with van der Waals surface area (Å²) in [7, 11) is 0. The molecular formula is C15H21NO2. The first-order valence-electron chi connectivity index (χ1n) is 6.00. The summed E-state index contributed by atoms with van der Waals surface area (Å²) in [4.78, 5) is 11.6. The number of hydrogen-bond donors (Lipinski definition) is 2. The normalized spacial score (nSPS) is 14.0. The van der Waals surface area contributed by atoms with Gasteiger partial charge >= 0.3 is 5.97 Å². The Bertz CT molecular complexity index is 456. The number of carboxylic acid groups (broad SMARTS) is 1. The maximum atomic E-state index is 11.6. The number of aliphatic carboxylic acids is 1. The number of benzene rings is 1. The predicted molar refractivity (Wildman–Crippen MR) is 73.8 cm³/mol. The molecule has 0 aliphatic heterocycles. The van der Waals surface area contributed by atoms with Crippen LogP contribution in [0.25, 0.3) is 0 Å². The van der Waals surface area contributed by atoms with E-state index in [9.17, 15) is 9.90 Å². The van der Waals surface area contributed by atoms with E-state index in [1.54, 1.807) is 13.0 Å². The van der Waals surface area contributed by atoms with Crippen molar-refractivity contribution in [3.63, 3.8) is 0 Å². The van der Waals surface area contributed by atoms with Crippen LogP contribution >= 0.6 is 0 Å². The Morgan fingerprint density at radius 1 is 1.39 bits per heavy atom. The van der Waals surface area contributed by atoms with Crippen molar-refractivity contribution in [3.05, 3.63) is 47.0 Å². The van der Waals surface area contributed by atoms with Gasteiger partial charge in [-0.15, -0.1) is 6.58 Å². The van der Waals surface area contributed by atoms with Gasteiger partial charge in [0, 0.05) is 6.54 Å².